The standard InChI is InChI=1S/C21H39N3O2/c1-15(2)19(23-20(25)18-7-5-16(3)6-8-18)21(26)22-11-14-24-12-9-17(4)10-13-24/h15-19H,5-14H2,1-4H3,(H,22,26)(H,23,25)/t16?,18?,19-/m1/s1. The van der Waals surface area contributed by atoms with E-state index in [1.54, 1.807) is 0 Å². The van der Waals surface area contributed by atoms with Gasteiger partial charge < -0.3 is 15.5 Å². The number of piperidine rings is 1. The third-order valence-electron chi connectivity index (χ3n) is 6.24. The number of nitrogens with zero attached hydrogens (tertiary/aromatic N) is 1. The molecule has 0 spiro atoms. The summed E-state index contributed by atoms with van der Waals surface area (Å²) < 4.78 is 0. The van der Waals surface area contributed by atoms with E-state index in [-0.39, 0.29) is 23.7 Å². The first-order chi connectivity index (χ1) is 12.4. The van der Waals surface area contributed by atoms with Crippen LogP contribution in [0.3, 0.4) is 0 Å². The molecule has 2 aliphatic rings. The second-order valence-corrected chi connectivity index (χ2v) is 9.00. The molecule has 150 valence electrons. The Labute approximate surface area is 159 Å². The first kappa shape index (κ1) is 21.2. The third-order valence-corrected chi connectivity index (χ3v) is 6.24. The Morgan fingerprint density at radius 2 is 1.54 bits per heavy atom. The van der Waals surface area contributed by atoms with E-state index in [1.165, 1.54) is 12.8 Å². The predicted octanol–water partition coefficient (Wildman–Crippen LogP) is 2.80. The second-order valence-electron chi connectivity index (χ2n) is 9.00. The highest BCUT2D eigenvalue weighted by atomic mass is 16.2. The van der Waals surface area contributed by atoms with Crippen LogP contribution in [0.15, 0.2) is 0 Å². The zero-order valence-corrected chi connectivity index (χ0v) is 17.2. The highest BCUT2D eigenvalue weighted by Crippen LogP contribution is 2.28. The molecule has 0 aromatic heterocycles. The normalized spacial score (nSPS) is 26.5. The van der Waals surface area contributed by atoms with E-state index in [0.29, 0.717) is 6.54 Å². The van der Waals surface area contributed by atoms with Crippen LogP contribution in [-0.4, -0.2) is 48.9 Å². The molecule has 0 unspecified atom stereocenters. The van der Waals surface area contributed by atoms with E-state index >= 15 is 0 Å². The van der Waals surface area contributed by atoms with Crippen molar-refractivity contribution in [3.05, 3.63) is 0 Å². The van der Waals surface area contributed by atoms with Gasteiger partial charge in [-0.3, -0.25) is 9.59 Å². The minimum Gasteiger partial charge on any atom is -0.353 e. The minimum atomic E-state index is -0.428. The van der Waals surface area contributed by atoms with E-state index in [9.17, 15) is 9.59 Å². The van der Waals surface area contributed by atoms with Crippen molar-refractivity contribution >= 4 is 11.8 Å². The summed E-state index contributed by atoms with van der Waals surface area (Å²) in [6.45, 7) is 12.4. The number of carbonyl (C=O) groups is 2. The molecule has 0 bridgehead atoms. The maximum atomic E-state index is 12.6. The summed E-state index contributed by atoms with van der Waals surface area (Å²) in [6.07, 6.45) is 6.63. The van der Waals surface area contributed by atoms with Crippen molar-refractivity contribution in [1.82, 2.24) is 15.5 Å². The fourth-order valence-corrected chi connectivity index (χ4v) is 4.06. The van der Waals surface area contributed by atoms with E-state index in [4.69, 9.17) is 0 Å². The molecule has 0 aromatic rings. The number of hydrogen-bond donors (Lipinski definition) is 2. The van der Waals surface area contributed by atoms with Gasteiger partial charge in [0, 0.05) is 19.0 Å². The van der Waals surface area contributed by atoms with Crippen molar-refractivity contribution in [2.24, 2.45) is 23.7 Å². The van der Waals surface area contributed by atoms with Crippen LogP contribution in [0.2, 0.25) is 0 Å². The van der Waals surface area contributed by atoms with Crippen molar-refractivity contribution in [2.75, 3.05) is 26.2 Å². The lowest BCUT2D eigenvalue weighted by molar-refractivity contribution is -0.132. The zero-order chi connectivity index (χ0) is 19.1. The van der Waals surface area contributed by atoms with E-state index in [2.05, 4.69) is 29.4 Å². The molecule has 1 atom stereocenters. The van der Waals surface area contributed by atoms with Crippen molar-refractivity contribution in [1.29, 1.82) is 0 Å². The maximum Gasteiger partial charge on any atom is 0.242 e. The number of rotatable bonds is 7. The van der Waals surface area contributed by atoms with Gasteiger partial charge in [0.2, 0.25) is 11.8 Å². The Bertz CT molecular complexity index is 450. The fourth-order valence-electron chi connectivity index (χ4n) is 4.06. The molecular weight excluding hydrogens is 326 g/mol. The largest absolute Gasteiger partial charge is 0.353 e. The van der Waals surface area contributed by atoms with Crippen LogP contribution in [0.4, 0.5) is 0 Å². The molecule has 5 nitrogen and oxygen atoms in total. The Morgan fingerprint density at radius 3 is 2.12 bits per heavy atom. The molecule has 2 amide bonds. The zero-order valence-electron chi connectivity index (χ0n) is 17.2. The molecule has 2 rings (SSSR count). The van der Waals surface area contributed by atoms with Crippen molar-refractivity contribution in [3.8, 4) is 0 Å². The van der Waals surface area contributed by atoms with Gasteiger partial charge in [-0.1, -0.05) is 27.7 Å². The van der Waals surface area contributed by atoms with Crippen molar-refractivity contribution in [3.63, 3.8) is 0 Å². The lowest BCUT2D eigenvalue weighted by Gasteiger charge is -2.31. The van der Waals surface area contributed by atoms with Crippen LogP contribution in [0.25, 0.3) is 0 Å². The first-order valence-electron chi connectivity index (χ1n) is 10.7. The van der Waals surface area contributed by atoms with Crippen molar-refractivity contribution in [2.45, 2.75) is 72.3 Å². The van der Waals surface area contributed by atoms with Gasteiger partial charge in [0.05, 0.1) is 0 Å². The molecule has 26 heavy (non-hydrogen) atoms. The van der Waals surface area contributed by atoms with E-state index < -0.39 is 6.04 Å². The molecular formula is C21H39N3O2. The van der Waals surface area contributed by atoms with Crippen LogP contribution < -0.4 is 10.6 Å². The van der Waals surface area contributed by atoms with Gasteiger partial charge >= 0.3 is 0 Å². The molecule has 1 saturated carbocycles. The predicted molar refractivity (Wildman–Crippen MR) is 106 cm³/mol. The Balaban J connectivity index is 1.74. The molecule has 1 aliphatic heterocycles. The van der Waals surface area contributed by atoms with Crippen LogP contribution in [0, 0.1) is 23.7 Å². The summed E-state index contributed by atoms with van der Waals surface area (Å²) >= 11 is 0. The SMILES string of the molecule is CC1CCC(C(=O)N[C@@H](C(=O)NCCN2CCC(C)CC2)C(C)C)CC1. The van der Waals surface area contributed by atoms with Gasteiger partial charge in [0.1, 0.15) is 6.04 Å². The number of nitrogens with one attached hydrogen (secondary N) is 2. The summed E-state index contributed by atoms with van der Waals surface area (Å²) in [7, 11) is 0. The molecule has 0 aromatic carbocycles. The smallest absolute Gasteiger partial charge is 0.242 e. The number of carbonyl (C=O) groups excluding carboxylic acids is 2. The van der Waals surface area contributed by atoms with Crippen LogP contribution in [-0.2, 0) is 9.59 Å². The molecule has 2 N–H and O–H groups in total. The number of hydrogen-bond acceptors (Lipinski definition) is 3. The summed E-state index contributed by atoms with van der Waals surface area (Å²) in [5, 5.41) is 6.07. The molecule has 2 fully saturated rings. The summed E-state index contributed by atoms with van der Waals surface area (Å²) in [4.78, 5) is 27.6. The maximum absolute atomic E-state index is 12.6. The third kappa shape index (κ3) is 6.57. The molecule has 1 aliphatic carbocycles. The van der Waals surface area contributed by atoms with Gasteiger partial charge in [0.15, 0.2) is 0 Å². The minimum absolute atomic E-state index is 0.0390. The molecule has 5 heteroatoms. The van der Waals surface area contributed by atoms with Crippen LogP contribution >= 0.6 is 0 Å². The summed E-state index contributed by atoms with van der Waals surface area (Å²) in [5.41, 5.74) is 0. The molecule has 1 saturated heterocycles. The summed E-state index contributed by atoms with van der Waals surface area (Å²) in [5.74, 6) is 1.75. The van der Waals surface area contributed by atoms with Crippen LogP contribution in [0.1, 0.15) is 66.2 Å². The Kier molecular flexibility index (Phi) is 8.39. The van der Waals surface area contributed by atoms with Gasteiger partial charge in [-0.2, -0.15) is 0 Å². The summed E-state index contributed by atoms with van der Waals surface area (Å²) in [6, 6.07) is -0.428. The van der Waals surface area contributed by atoms with E-state index in [1.807, 2.05) is 13.8 Å². The second kappa shape index (κ2) is 10.3. The van der Waals surface area contributed by atoms with Crippen LogP contribution in [0.5, 0.6) is 0 Å². The average Bonchev–Trinajstić information content (AvgIpc) is 2.61. The number of amides is 2. The van der Waals surface area contributed by atoms with Gasteiger partial charge in [-0.25, -0.2) is 0 Å². The monoisotopic (exact) mass is 365 g/mol. The fraction of sp³-hybridized carbons (Fsp3) is 0.905. The van der Waals surface area contributed by atoms with Gasteiger partial charge in [-0.05, 0) is 69.4 Å². The number of likely N-dealkylation sites (tertiary alicyclic amines) is 1. The highest BCUT2D eigenvalue weighted by Gasteiger charge is 2.29. The average molecular weight is 366 g/mol. The lowest BCUT2D eigenvalue weighted by atomic mass is 9.82. The van der Waals surface area contributed by atoms with E-state index in [0.717, 1.165) is 57.2 Å². The van der Waals surface area contributed by atoms with Gasteiger partial charge in [0.25, 0.3) is 0 Å². The quantitative estimate of drug-likeness (QED) is 0.729. The van der Waals surface area contributed by atoms with Crippen molar-refractivity contribution < 1.29 is 9.59 Å². The van der Waals surface area contributed by atoms with Gasteiger partial charge in [-0.15, -0.1) is 0 Å². The lowest BCUT2D eigenvalue weighted by Crippen LogP contribution is -2.52. The topological polar surface area (TPSA) is 61.4 Å². The molecule has 0 radical (unpaired) electrons. The molecule has 1 heterocycles. The Hall–Kier alpha value is -1.10. The highest BCUT2D eigenvalue weighted by molar-refractivity contribution is 5.88. The Morgan fingerprint density at radius 1 is 0.962 bits per heavy atom. The first-order valence-corrected chi connectivity index (χ1v) is 10.7.